The third kappa shape index (κ3) is 2.62. The summed E-state index contributed by atoms with van der Waals surface area (Å²) in [7, 11) is 3.82. The van der Waals surface area contributed by atoms with Crippen LogP contribution < -0.4 is 4.90 Å². The van der Waals surface area contributed by atoms with Crippen LogP contribution in [0.5, 0.6) is 0 Å². The second-order valence-corrected chi connectivity index (χ2v) is 6.59. The average Bonchev–Trinajstić information content (AvgIpc) is 3.14. The van der Waals surface area contributed by atoms with Gasteiger partial charge in [-0.05, 0) is 29.1 Å². The Morgan fingerprint density at radius 2 is 2.17 bits per heavy atom. The smallest absolute Gasteiger partial charge is 0.265 e. The number of anilines is 1. The number of benzene rings is 1. The lowest BCUT2D eigenvalue weighted by atomic mass is 9.93. The molecule has 2 aromatic rings. The molecular formula is C17H22N4O2. The molecule has 2 heterocycles. The highest BCUT2D eigenvalue weighted by atomic mass is 16.5. The molecule has 4 rings (SSSR count). The molecule has 0 radical (unpaired) electrons. The largest absolute Gasteiger partial charge is 0.368 e. The molecule has 122 valence electrons. The lowest BCUT2D eigenvalue weighted by molar-refractivity contribution is -0.117. The fourth-order valence-electron chi connectivity index (χ4n) is 3.64. The molecule has 0 amide bonds. The van der Waals surface area contributed by atoms with Gasteiger partial charge >= 0.3 is 0 Å². The van der Waals surface area contributed by atoms with E-state index in [2.05, 4.69) is 39.3 Å². The Bertz CT molecular complexity index is 695. The third-order valence-electron chi connectivity index (χ3n) is 4.79. The van der Waals surface area contributed by atoms with Crippen LogP contribution in [0.15, 0.2) is 28.8 Å². The number of morpholine rings is 1. The van der Waals surface area contributed by atoms with Gasteiger partial charge in [0.15, 0.2) is 0 Å². The quantitative estimate of drug-likeness (QED) is 0.861. The van der Waals surface area contributed by atoms with E-state index < -0.39 is 0 Å². The van der Waals surface area contributed by atoms with Gasteiger partial charge in [-0.15, -0.1) is 0 Å². The van der Waals surface area contributed by atoms with Crippen molar-refractivity contribution in [2.75, 3.05) is 38.7 Å². The number of aromatic nitrogens is 2. The molecule has 1 aromatic heterocycles. The van der Waals surface area contributed by atoms with E-state index in [-0.39, 0.29) is 5.60 Å². The molecule has 6 heteroatoms. The van der Waals surface area contributed by atoms with Gasteiger partial charge in [-0.25, -0.2) is 0 Å². The van der Waals surface area contributed by atoms with Crippen molar-refractivity contribution in [3.8, 4) is 0 Å². The summed E-state index contributed by atoms with van der Waals surface area (Å²) in [6.45, 7) is 3.18. The number of nitrogens with zero attached hydrogens (tertiary/aromatic N) is 4. The van der Waals surface area contributed by atoms with E-state index in [4.69, 9.17) is 9.26 Å². The minimum absolute atomic E-state index is 0.167. The Morgan fingerprint density at radius 3 is 3.00 bits per heavy atom. The van der Waals surface area contributed by atoms with E-state index in [0.717, 1.165) is 32.5 Å². The summed E-state index contributed by atoms with van der Waals surface area (Å²) in [6, 6.07) is 8.64. The molecule has 6 nitrogen and oxygen atoms in total. The van der Waals surface area contributed by atoms with Crippen LogP contribution >= 0.6 is 0 Å². The molecule has 1 aliphatic heterocycles. The van der Waals surface area contributed by atoms with E-state index in [9.17, 15) is 0 Å². The van der Waals surface area contributed by atoms with Crippen molar-refractivity contribution in [3.63, 3.8) is 0 Å². The molecule has 1 saturated heterocycles. The van der Waals surface area contributed by atoms with Crippen LogP contribution in [0, 0.1) is 0 Å². The molecule has 0 unspecified atom stereocenters. The normalized spacial score (nSPS) is 24.1. The highest BCUT2D eigenvalue weighted by molar-refractivity contribution is 5.38. The Morgan fingerprint density at radius 1 is 1.30 bits per heavy atom. The van der Waals surface area contributed by atoms with Crippen LogP contribution in [-0.2, 0) is 23.3 Å². The topological polar surface area (TPSA) is 54.6 Å². The number of ether oxygens (including phenoxy) is 1. The van der Waals surface area contributed by atoms with Crippen LogP contribution in [0.1, 0.15) is 23.4 Å². The highest BCUT2D eigenvalue weighted by Crippen LogP contribution is 2.42. The van der Waals surface area contributed by atoms with Crippen LogP contribution in [0.3, 0.4) is 0 Å². The summed E-state index contributed by atoms with van der Waals surface area (Å²) in [5.74, 6) is 1.28. The summed E-state index contributed by atoms with van der Waals surface area (Å²) in [4.78, 5) is 8.64. The van der Waals surface area contributed by atoms with Gasteiger partial charge in [0.2, 0.25) is 5.89 Å². The number of aryl methyl sites for hydroxylation is 1. The fourth-order valence-corrected chi connectivity index (χ4v) is 3.64. The van der Waals surface area contributed by atoms with Gasteiger partial charge in [-0.2, -0.15) is 4.98 Å². The van der Waals surface area contributed by atoms with Gasteiger partial charge in [-0.3, -0.25) is 4.90 Å². The minimum Gasteiger partial charge on any atom is -0.368 e. The van der Waals surface area contributed by atoms with Gasteiger partial charge in [0.05, 0.1) is 13.2 Å². The van der Waals surface area contributed by atoms with Crippen molar-refractivity contribution in [1.29, 1.82) is 0 Å². The molecular weight excluding hydrogens is 292 g/mol. The predicted molar refractivity (Wildman–Crippen MR) is 86.3 cm³/mol. The van der Waals surface area contributed by atoms with Crippen LogP contribution in [0.4, 0.5) is 5.95 Å². The second kappa shape index (κ2) is 5.62. The van der Waals surface area contributed by atoms with E-state index in [1.165, 1.54) is 11.1 Å². The monoisotopic (exact) mass is 314 g/mol. The van der Waals surface area contributed by atoms with Crippen LogP contribution in [0.2, 0.25) is 0 Å². The first kappa shape index (κ1) is 14.7. The highest BCUT2D eigenvalue weighted by Gasteiger charge is 2.43. The zero-order valence-corrected chi connectivity index (χ0v) is 13.7. The van der Waals surface area contributed by atoms with Crippen LogP contribution in [-0.4, -0.2) is 48.8 Å². The molecule has 0 N–H and O–H groups in total. The number of fused-ring (bicyclic) bond motifs is 2. The van der Waals surface area contributed by atoms with Gasteiger partial charge < -0.3 is 14.2 Å². The van der Waals surface area contributed by atoms with Gasteiger partial charge in [0.25, 0.3) is 5.95 Å². The average molecular weight is 314 g/mol. The molecule has 0 bridgehead atoms. The zero-order valence-electron chi connectivity index (χ0n) is 13.7. The Balaban J connectivity index is 1.51. The number of hydrogen-bond donors (Lipinski definition) is 0. The number of hydrogen-bond acceptors (Lipinski definition) is 6. The lowest BCUT2D eigenvalue weighted by Crippen LogP contribution is -2.48. The molecule has 23 heavy (non-hydrogen) atoms. The predicted octanol–water partition coefficient (Wildman–Crippen LogP) is 1.81. The summed E-state index contributed by atoms with van der Waals surface area (Å²) in [5.41, 5.74) is 2.60. The molecule has 1 fully saturated rings. The summed E-state index contributed by atoms with van der Waals surface area (Å²) < 4.78 is 11.6. The Kier molecular flexibility index (Phi) is 3.58. The molecule has 1 aliphatic carbocycles. The summed E-state index contributed by atoms with van der Waals surface area (Å²) in [5, 5.41) is 3.99. The van der Waals surface area contributed by atoms with E-state index in [1.807, 2.05) is 19.0 Å². The first-order chi connectivity index (χ1) is 11.2. The van der Waals surface area contributed by atoms with Gasteiger partial charge in [0.1, 0.15) is 5.60 Å². The molecule has 2 aliphatic rings. The van der Waals surface area contributed by atoms with Crippen molar-refractivity contribution in [2.45, 2.75) is 25.0 Å². The third-order valence-corrected chi connectivity index (χ3v) is 4.79. The maximum absolute atomic E-state index is 6.25. The van der Waals surface area contributed by atoms with Gasteiger partial charge in [0, 0.05) is 27.2 Å². The van der Waals surface area contributed by atoms with Crippen molar-refractivity contribution >= 4 is 5.95 Å². The SMILES string of the molecule is CN(C)c1noc(CN2CCO[C@@]3(CCc4ccccc43)C2)n1. The molecule has 1 aromatic carbocycles. The van der Waals surface area contributed by atoms with Crippen molar-refractivity contribution in [3.05, 3.63) is 41.3 Å². The summed E-state index contributed by atoms with van der Waals surface area (Å²) >= 11 is 0. The van der Waals surface area contributed by atoms with E-state index in [0.29, 0.717) is 18.4 Å². The Labute approximate surface area is 136 Å². The molecule has 1 atom stereocenters. The maximum Gasteiger partial charge on any atom is 0.265 e. The first-order valence-electron chi connectivity index (χ1n) is 8.11. The zero-order chi connectivity index (χ0) is 15.9. The van der Waals surface area contributed by atoms with Crippen molar-refractivity contribution in [1.82, 2.24) is 15.0 Å². The standard InChI is InChI=1S/C17H22N4O2/c1-20(2)16-18-15(23-19-16)11-21-9-10-22-17(12-21)8-7-13-5-3-4-6-14(13)17/h3-6H,7-12H2,1-2H3/t17-/m0/s1. The molecule has 0 saturated carbocycles. The van der Waals surface area contributed by atoms with Crippen molar-refractivity contribution in [2.24, 2.45) is 0 Å². The minimum atomic E-state index is -0.167. The van der Waals surface area contributed by atoms with Gasteiger partial charge in [-0.1, -0.05) is 24.3 Å². The number of rotatable bonds is 3. The molecule has 1 spiro atoms. The van der Waals surface area contributed by atoms with Crippen molar-refractivity contribution < 1.29 is 9.26 Å². The lowest BCUT2D eigenvalue weighted by Gasteiger charge is -2.40. The fraction of sp³-hybridized carbons (Fsp3) is 0.529. The Hall–Kier alpha value is -1.92. The van der Waals surface area contributed by atoms with E-state index in [1.54, 1.807) is 0 Å². The first-order valence-corrected chi connectivity index (χ1v) is 8.11. The van der Waals surface area contributed by atoms with E-state index >= 15 is 0 Å². The maximum atomic E-state index is 6.25. The second-order valence-electron chi connectivity index (χ2n) is 6.59. The van der Waals surface area contributed by atoms with Crippen LogP contribution in [0.25, 0.3) is 0 Å². The summed E-state index contributed by atoms with van der Waals surface area (Å²) in [6.07, 6.45) is 2.14.